The lowest BCUT2D eigenvalue weighted by molar-refractivity contribution is 0.650. The van der Waals surface area contributed by atoms with Crippen LogP contribution in [0.3, 0.4) is 0 Å². The number of rotatable bonds is 4. The number of benzene rings is 2. The minimum absolute atomic E-state index is 0.290. The maximum atomic E-state index is 5.28. The first kappa shape index (κ1) is 38.1. The van der Waals surface area contributed by atoms with Crippen molar-refractivity contribution in [2.75, 3.05) is 0 Å². The minimum Gasteiger partial charge on any atom is -0.249 e. The molecule has 0 fully saturated rings. The van der Waals surface area contributed by atoms with E-state index in [-0.39, 0.29) is 5.41 Å². The van der Waals surface area contributed by atoms with Crippen LogP contribution in [0.5, 0.6) is 0 Å². The van der Waals surface area contributed by atoms with Gasteiger partial charge in [-0.1, -0.05) is 13.8 Å². The van der Waals surface area contributed by atoms with E-state index in [9.17, 15) is 0 Å². The van der Waals surface area contributed by atoms with E-state index in [4.69, 9.17) is 39.9 Å². The predicted octanol–water partition coefficient (Wildman–Crippen LogP) is 10.8. The average molecular weight is 731 g/mol. The van der Waals surface area contributed by atoms with Crippen LogP contribution in [-0.4, -0.2) is 39.9 Å². The molecule has 0 aliphatic heterocycles. The first-order chi connectivity index (χ1) is 25.7. The van der Waals surface area contributed by atoms with Gasteiger partial charge in [0.1, 0.15) is 11.4 Å². The molecule has 4 heterocycles. The van der Waals surface area contributed by atoms with Crippen LogP contribution < -0.4 is 0 Å². The quantitative estimate of drug-likeness (QED) is 0.177. The third kappa shape index (κ3) is 5.54. The average Bonchev–Trinajstić information content (AvgIpc) is 3.37. The fourth-order valence-corrected chi connectivity index (χ4v) is 9.20. The number of nitrogens with zero attached hydrogens (tertiary/aromatic N) is 8. The third-order valence-electron chi connectivity index (χ3n) is 12.8. The van der Waals surface area contributed by atoms with E-state index >= 15 is 0 Å². The lowest BCUT2D eigenvalue weighted by atomic mass is 9.75. The molecule has 0 bridgehead atoms. The van der Waals surface area contributed by atoms with E-state index in [1.54, 1.807) is 0 Å². The highest BCUT2D eigenvalue weighted by Crippen LogP contribution is 2.58. The SMILES string of the molecule is Cc1nc(-c2c(C)c(C)c3c(c2C)C(C)(C)c2c(C)c(-c4nc(C)c(-c5nc(C)c(C)c(C)n5)nc4C)c(C)c(C)c2-3)c(C)nc1-c1nc(C)c(C)c(C)n1. The Hall–Kier alpha value is -5.24. The van der Waals surface area contributed by atoms with Gasteiger partial charge in [0.2, 0.25) is 0 Å². The van der Waals surface area contributed by atoms with Gasteiger partial charge in [0.25, 0.3) is 0 Å². The lowest BCUT2D eigenvalue weighted by Gasteiger charge is -2.29. The number of aryl methyl sites for hydroxylation is 8. The summed E-state index contributed by atoms with van der Waals surface area (Å²) < 4.78 is 0. The van der Waals surface area contributed by atoms with Gasteiger partial charge in [0.05, 0.1) is 34.2 Å². The van der Waals surface area contributed by atoms with E-state index in [1.807, 2.05) is 41.5 Å². The Morgan fingerprint density at radius 2 is 0.509 bits per heavy atom. The molecule has 6 aromatic rings. The summed E-state index contributed by atoms with van der Waals surface area (Å²) in [6.07, 6.45) is 0. The highest BCUT2D eigenvalue weighted by Gasteiger charge is 2.43. The van der Waals surface area contributed by atoms with E-state index in [0.29, 0.717) is 11.6 Å². The van der Waals surface area contributed by atoms with E-state index in [1.165, 1.54) is 55.6 Å². The molecule has 4 aromatic heterocycles. The molecular formula is C47H54N8. The van der Waals surface area contributed by atoms with E-state index in [0.717, 1.165) is 90.6 Å². The highest BCUT2D eigenvalue weighted by molar-refractivity contribution is 5.95. The molecule has 1 aliphatic carbocycles. The van der Waals surface area contributed by atoms with Crippen molar-refractivity contribution in [1.29, 1.82) is 0 Å². The molecule has 55 heavy (non-hydrogen) atoms. The third-order valence-corrected chi connectivity index (χ3v) is 12.8. The Labute approximate surface area is 326 Å². The Bertz CT molecular complexity index is 2450. The zero-order valence-corrected chi connectivity index (χ0v) is 36.1. The van der Waals surface area contributed by atoms with Gasteiger partial charge in [-0.15, -0.1) is 0 Å². The molecule has 1 aliphatic rings. The molecule has 0 amide bonds. The minimum atomic E-state index is -0.290. The molecule has 8 nitrogen and oxygen atoms in total. The predicted molar refractivity (Wildman–Crippen MR) is 224 cm³/mol. The highest BCUT2D eigenvalue weighted by atomic mass is 15.0. The fourth-order valence-electron chi connectivity index (χ4n) is 9.20. The van der Waals surface area contributed by atoms with Gasteiger partial charge in [-0.2, -0.15) is 0 Å². The largest absolute Gasteiger partial charge is 0.249 e. The molecule has 0 spiro atoms. The molecule has 282 valence electrons. The van der Waals surface area contributed by atoms with Crippen LogP contribution >= 0.6 is 0 Å². The molecular weight excluding hydrogens is 677 g/mol. The van der Waals surface area contributed by atoms with Crippen molar-refractivity contribution in [2.45, 2.75) is 130 Å². The molecule has 0 saturated heterocycles. The Balaban J connectivity index is 1.41. The standard InChI is InChI=1S/C47H54N8/c1-19-21(3)37-38-22(4)20(2)36(42-32(14)51-44(34(16)49-42)46-54-29(11)24(6)30(12)55-46)26(8)40(38)47(17,18)39(37)25(7)35(19)41-31(13)50-43(33(15)48-41)45-52-27(9)23(5)28(10)53-45/h1-18H3. The first-order valence-corrected chi connectivity index (χ1v) is 19.3. The lowest BCUT2D eigenvalue weighted by Crippen LogP contribution is -2.20. The van der Waals surface area contributed by atoms with Crippen LogP contribution in [0.15, 0.2) is 0 Å². The topological polar surface area (TPSA) is 103 Å². The number of hydrogen-bond acceptors (Lipinski definition) is 8. The molecule has 0 saturated carbocycles. The van der Waals surface area contributed by atoms with E-state index in [2.05, 4.69) is 83.1 Å². The van der Waals surface area contributed by atoms with Gasteiger partial charge >= 0.3 is 0 Å². The second-order valence-corrected chi connectivity index (χ2v) is 16.5. The van der Waals surface area contributed by atoms with Gasteiger partial charge in [-0.3, -0.25) is 0 Å². The van der Waals surface area contributed by atoms with Crippen molar-refractivity contribution in [3.8, 4) is 56.7 Å². The smallest absolute Gasteiger partial charge is 0.180 e. The second-order valence-electron chi connectivity index (χ2n) is 16.5. The number of aromatic nitrogens is 8. The summed E-state index contributed by atoms with van der Waals surface area (Å²) in [6, 6.07) is 0. The maximum Gasteiger partial charge on any atom is 0.180 e. The molecule has 2 aromatic carbocycles. The molecule has 0 atom stereocenters. The summed E-state index contributed by atoms with van der Waals surface area (Å²) >= 11 is 0. The Kier molecular flexibility index (Phi) is 8.94. The molecule has 0 N–H and O–H groups in total. The summed E-state index contributed by atoms with van der Waals surface area (Å²) in [4.78, 5) is 40.1. The zero-order valence-electron chi connectivity index (χ0n) is 36.1. The van der Waals surface area contributed by atoms with Gasteiger partial charge < -0.3 is 0 Å². The molecule has 0 radical (unpaired) electrons. The van der Waals surface area contributed by atoms with Crippen molar-refractivity contribution in [2.24, 2.45) is 0 Å². The first-order valence-electron chi connectivity index (χ1n) is 19.3. The molecule has 0 unspecified atom stereocenters. The maximum absolute atomic E-state index is 5.28. The van der Waals surface area contributed by atoms with Crippen molar-refractivity contribution in [3.63, 3.8) is 0 Å². The van der Waals surface area contributed by atoms with Crippen LogP contribution in [0, 0.1) is 111 Å². The zero-order chi connectivity index (χ0) is 40.3. The van der Waals surface area contributed by atoms with Crippen LogP contribution in [0.25, 0.3) is 56.7 Å². The molecule has 7 rings (SSSR count). The monoisotopic (exact) mass is 730 g/mol. The van der Waals surface area contributed by atoms with Gasteiger partial charge in [-0.05, 0) is 178 Å². The fraction of sp³-hybridized carbons (Fsp3) is 0.404. The van der Waals surface area contributed by atoms with Crippen molar-refractivity contribution in [1.82, 2.24) is 39.9 Å². The van der Waals surface area contributed by atoms with Gasteiger partial charge in [-0.25, -0.2) is 39.9 Å². The Morgan fingerprint density at radius 3 is 0.818 bits per heavy atom. The van der Waals surface area contributed by atoms with Crippen molar-refractivity contribution >= 4 is 0 Å². The van der Waals surface area contributed by atoms with Crippen LogP contribution in [0.4, 0.5) is 0 Å². The van der Waals surface area contributed by atoms with E-state index < -0.39 is 0 Å². The summed E-state index contributed by atoms with van der Waals surface area (Å²) in [5, 5.41) is 0. The molecule has 8 heteroatoms. The van der Waals surface area contributed by atoms with Crippen LogP contribution in [0.1, 0.15) is 115 Å². The normalized spacial score (nSPS) is 13.1. The summed E-state index contributed by atoms with van der Waals surface area (Å²) in [6.45, 7) is 38.8. The summed E-state index contributed by atoms with van der Waals surface area (Å²) in [5.74, 6) is 1.26. The second kappa shape index (κ2) is 12.9. The van der Waals surface area contributed by atoms with Crippen LogP contribution in [0.2, 0.25) is 0 Å². The van der Waals surface area contributed by atoms with Gasteiger partial charge in [0, 0.05) is 39.3 Å². The van der Waals surface area contributed by atoms with Crippen LogP contribution in [-0.2, 0) is 5.41 Å². The number of fused-ring (bicyclic) bond motifs is 3. The summed E-state index contributed by atoms with van der Waals surface area (Å²) in [5.41, 5.74) is 27.8. The van der Waals surface area contributed by atoms with Gasteiger partial charge in [0.15, 0.2) is 11.6 Å². The van der Waals surface area contributed by atoms with Crippen molar-refractivity contribution in [3.05, 3.63) is 101 Å². The van der Waals surface area contributed by atoms with Crippen molar-refractivity contribution < 1.29 is 0 Å². The number of hydrogen-bond donors (Lipinski definition) is 0. The Morgan fingerprint density at radius 1 is 0.255 bits per heavy atom. The summed E-state index contributed by atoms with van der Waals surface area (Å²) in [7, 11) is 0.